The zero-order valence-corrected chi connectivity index (χ0v) is 14.5. The van der Waals surface area contributed by atoms with E-state index in [1.165, 1.54) is 5.41 Å². The van der Waals surface area contributed by atoms with E-state index in [4.69, 9.17) is 0 Å². The molecule has 1 heterocycles. The molecule has 0 N–H and O–H groups in total. The molecule has 1 aliphatic heterocycles. The molecule has 1 aromatic rings. The van der Waals surface area contributed by atoms with Gasteiger partial charge in [0.2, 0.25) is 5.91 Å². The van der Waals surface area contributed by atoms with E-state index in [0.29, 0.717) is 0 Å². The summed E-state index contributed by atoms with van der Waals surface area (Å²) in [6.07, 6.45) is 5.57. The molecule has 1 atom stereocenters. The predicted octanol–water partition coefficient (Wildman–Crippen LogP) is 3.28. The van der Waals surface area contributed by atoms with Crippen LogP contribution in [0.2, 0.25) is 0 Å². The van der Waals surface area contributed by atoms with Gasteiger partial charge in [0.25, 0.3) is 0 Å². The van der Waals surface area contributed by atoms with Gasteiger partial charge in [-0.1, -0.05) is 28.8 Å². The molecule has 1 fully saturated rings. The third-order valence-electron chi connectivity index (χ3n) is 4.29. The van der Waals surface area contributed by atoms with E-state index >= 15 is 0 Å². The maximum atomic E-state index is 12.9. The molecule has 22 heavy (non-hydrogen) atoms. The normalized spacial score (nSPS) is 23.8. The summed E-state index contributed by atoms with van der Waals surface area (Å²) in [5.41, 5.74) is 0.756. The molecule has 6 heteroatoms. The molecule has 0 spiro atoms. The number of hydrogen-bond donors (Lipinski definition) is 0. The Morgan fingerprint density at radius 1 is 1.14 bits per heavy atom. The first-order chi connectivity index (χ1) is 10.5. The molecule has 0 saturated heterocycles. The molecule has 2 aliphatic rings. The molecule has 0 aromatic heterocycles. The molecular weight excluding hydrogens is 366 g/mol. The first kappa shape index (κ1) is 15.7. The van der Waals surface area contributed by atoms with E-state index in [2.05, 4.69) is 15.9 Å². The molecule has 3 rings (SSSR count). The summed E-state index contributed by atoms with van der Waals surface area (Å²) >= 11 is 3.39. The van der Waals surface area contributed by atoms with Gasteiger partial charge in [-0.15, -0.1) is 0 Å². The Balaban J connectivity index is 1.93. The van der Waals surface area contributed by atoms with Crippen LogP contribution in [0.5, 0.6) is 0 Å². The highest BCUT2D eigenvalue weighted by molar-refractivity contribution is 9.10. The summed E-state index contributed by atoms with van der Waals surface area (Å²) in [6.45, 7) is 0. The maximum Gasteiger partial charge on any atom is 0.230 e. The van der Waals surface area contributed by atoms with Gasteiger partial charge >= 0.3 is 0 Å². The van der Waals surface area contributed by atoms with Crippen molar-refractivity contribution in [2.45, 2.75) is 31.7 Å². The number of sulfone groups is 1. The van der Waals surface area contributed by atoms with Crippen molar-refractivity contribution in [1.82, 2.24) is 0 Å². The lowest BCUT2D eigenvalue weighted by Crippen LogP contribution is -2.44. The topological polar surface area (TPSA) is 54.5 Å². The van der Waals surface area contributed by atoms with Crippen molar-refractivity contribution in [3.05, 3.63) is 40.2 Å². The minimum Gasteiger partial charge on any atom is -0.304 e. The van der Waals surface area contributed by atoms with Gasteiger partial charge in [-0.25, -0.2) is 8.42 Å². The van der Waals surface area contributed by atoms with E-state index in [1.807, 2.05) is 24.3 Å². The Kier molecular flexibility index (Phi) is 4.41. The molecular formula is C16H18BrNO3S. The zero-order valence-electron chi connectivity index (χ0n) is 12.1. The first-order valence-electron chi connectivity index (χ1n) is 7.46. The summed E-state index contributed by atoms with van der Waals surface area (Å²) in [6, 6.07) is 7.06. The number of carbonyl (C=O) groups excluding carboxylic acids is 1. The van der Waals surface area contributed by atoms with E-state index in [-0.39, 0.29) is 17.6 Å². The fourth-order valence-corrected chi connectivity index (χ4v) is 4.71. The molecule has 118 valence electrons. The largest absolute Gasteiger partial charge is 0.304 e. The van der Waals surface area contributed by atoms with Crippen LogP contribution in [0, 0.1) is 5.92 Å². The maximum absolute atomic E-state index is 12.9. The van der Waals surface area contributed by atoms with Gasteiger partial charge in [0.05, 0.1) is 11.8 Å². The molecule has 1 aliphatic carbocycles. The Hall–Kier alpha value is -1.14. The zero-order chi connectivity index (χ0) is 15.7. The average molecular weight is 384 g/mol. The number of hydrogen-bond acceptors (Lipinski definition) is 3. The predicted molar refractivity (Wildman–Crippen MR) is 90.3 cm³/mol. The van der Waals surface area contributed by atoms with Crippen LogP contribution in [0.15, 0.2) is 40.2 Å². The first-order valence-corrected chi connectivity index (χ1v) is 9.97. The van der Waals surface area contributed by atoms with Gasteiger partial charge in [0.15, 0.2) is 9.84 Å². The Labute approximate surface area is 139 Å². The van der Waals surface area contributed by atoms with Crippen LogP contribution in [0.25, 0.3) is 0 Å². The summed E-state index contributed by atoms with van der Waals surface area (Å²) in [5.74, 6) is 0.0357. The molecule has 1 amide bonds. The lowest BCUT2D eigenvalue weighted by molar-refractivity contribution is -0.122. The van der Waals surface area contributed by atoms with Gasteiger partial charge in [-0.2, -0.15) is 0 Å². The number of amides is 1. The van der Waals surface area contributed by atoms with Crippen molar-refractivity contribution in [2.24, 2.45) is 5.92 Å². The number of nitrogens with zero attached hydrogens (tertiary/aromatic N) is 1. The standard InChI is InChI=1S/C16H18BrNO3S/c17-13-5-7-14(8-6-13)18(15-9-10-22(20,21)11-15)16(19)12-3-1-2-4-12/h5-10,12,15H,1-4,11H2. The fraction of sp³-hybridized carbons (Fsp3) is 0.438. The second-order valence-corrected chi connectivity index (χ2v) is 8.74. The van der Waals surface area contributed by atoms with Crippen LogP contribution in [0.4, 0.5) is 5.69 Å². The van der Waals surface area contributed by atoms with Crippen molar-refractivity contribution in [2.75, 3.05) is 10.7 Å². The highest BCUT2D eigenvalue weighted by atomic mass is 79.9. The SMILES string of the molecule is O=C(C1CCCC1)N(c1ccc(Br)cc1)C1C=CS(=O)(=O)C1. The van der Waals surface area contributed by atoms with Gasteiger partial charge < -0.3 is 4.90 Å². The Morgan fingerprint density at radius 2 is 1.77 bits per heavy atom. The minimum absolute atomic E-state index is 0.0142. The molecule has 1 unspecified atom stereocenters. The quantitative estimate of drug-likeness (QED) is 0.804. The summed E-state index contributed by atoms with van der Waals surface area (Å²) in [4.78, 5) is 14.6. The monoisotopic (exact) mass is 383 g/mol. The smallest absolute Gasteiger partial charge is 0.230 e. The van der Waals surface area contributed by atoms with Crippen LogP contribution in [-0.4, -0.2) is 26.1 Å². The highest BCUT2D eigenvalue weighted by Gasteiger charge is 2.35. The van der Waals surface area contributed by atoms with Crippen molar-refractivity contribution >= 4 is 37.4 Å². The van der Waals surface area contributed by atoms with E-state index < -0.39 is 15.9 Å². The number of halogens is 1. The molecule has 4 nitrogen and oxygen atoms in total. The summed E-state index contributed by atoms with van der Waals surface area (Å²) in [7, 11) is -3.20. The van der Waals surface area contributed by atoms with Crippen LogP contribution in [-0.2, 0) is 14.6 Å². The Morgan fingerprint density at radius 3 is 2.32 bits per heavy atom. The fourth-order valence-electron chi connectivity index (χ4n) is 3.17. The highest BCUT2D eigenvalue weighted by Crippen LogP contribution is 2.32. The van der Waals surface area contributed by atoms with Crippen LogP contribution in [0.1, 0.15) is 25.7 Å². The van der Waals surface area contributed by atoms with E-state index in [0.717, 1.165) is 35.8 Å². The van der Waals surface area contributed by atoms with Crippen LogP contribution < -0.4 is 4.90 Å². The lowest BCUT2D eigenvalue weighted by Gasteiger charge is -2.30. The second kappa shape index (κ2) is 6.16. The van der Waals surface area contributed by atoms with Crippen molar-refractivity contribution in [1.29, 1.82) is 0 Å². The Bertz CT molecular complexity index is 691. The van der Waals surface area contributed by atoms with Crippen molar-refractivity contribution < 1.29 is 13.2 Å². The van der Waals surface area contributed by atoms with Gasteiger partial charge in [0.1, 0.15) is 0 Å². The lowest BCUT2D eigenvalue weighted by atomic mass is 10.0. The second-order valence-electron chi connectivity index (χ2n) is 5.89. The number of benzene rings is 1. The average Bonchev–Trinajstić information content (AvgIpc) is 3.11. The van der Waals surface area contributed by atoms with Crippen LogP contribution >= 0.6 is 15.9 Å². The third kappa shape index (κ3) is 3.27. The number of rotatable bonds is 3. The van der Waals surface area contributed by atoms with Gasteiger partial charge in [0, 0.05) is 21.5 Å². The number of anilines is 1. The van der Waals surface area contributed by atoms with Crippen LogP contribution in [0.3, 0.4) is 0 Å². The van der Waals surface area contributed by atoms with Gasteiger partial charge in [-0.3, -0.25) is 4.79 Å². The summed E-state index contributed by atoms with van der Waals surface area (Å²) in [5, 5.41) is 1.23. The van der Waals surface area contributed by atoms with Gasteiger partial charge in [-0.05, 0) is 43.2 Å². The molecule has 0 radical (unpaired) electrons. The van der Waals surface area contributed by atoms with E-state index in [9.17, 15) is 13.2 Å². The number of carbonyl (C=O) groups is 1. The van der Waals surface area contributed by atoms with Crippen molar-refractivity contribution in [3.8, 4) is 0 Å². The molecule has 1 aromatic carbocycles. The summed E-state index contributed by atoms with van der Waals surface area (Å²) < 4.78 is 24.4. The molecule has 1 saturated carbocycles. The minimum atomic E-state index is -3.20. The molecule has 0 bridgehead atoms. The van der Waals surface area contributed by atoms with Crippen molar-refractivity contribution in [3.63, 3.8) is 0 Å². The third-order valence-corrected chi connectivity index (χ3v) is 6.20. The van der Waals surface area contributed by atoms with E-state index in [1.54, 1.807) is 11.0 Å².